The van der Waals surface area contributed by atoms with Crippen molar-refractivity contribution in [2.75, 3.05) is 12.4 Å². The van der Waals surface area contributed by atoms with Gasteiger partial charge in [-0.25, -0.2) is 4.98 Å². The fourth-order valence-corrected chi connectivity index (χ4v) is 5.67. The molecule has 6 heteroatoms. The SMILES string of the molecule is Cc1ccccc1-n1c(SCCO)nc2sc3c(c2c1=O)CCCCC3. The molecular formula is C20H22N2O2S2. The summed E-state index contributed by atoms with van der Waals surface area (Å²) in [5, 5.41) is 10.7. The zero-order chi connectivity index (χ0) is 18.1. The van der Waals surface area contributed by atoms with Crippen molar-refractivity contribution in [3.8, 4) is 5.69 Å². The van der Waals surface area contributed by atoms with E-state index >= 15 is 0 Å². The lowest BCUT2D eigenvalue weighted by Crippen LogP contribution is -2.23. The van der Waals surface area contributed by atoms with Crippen LogP contribution in [-0.2, 0) is 12.8 Å². The third-order valence-electron chi connectivity index (χ3n) is 4.89. The average molecular weight is 387 g/mol. The van der Waals surface area contributed by atoms with Gasteiger partial charge in [0.05, 0.1) is 17.7 Å². The summed E-state index contributed by atoms with van der Waals surface area (Å²) in [7, 11) is 0. The predicted molar refractivity (Wildman–Crippen MR) is 109 cm³/mol. The zero-order valence-electron chi connectivity index (χ0n) is 14.8. The molecule has 1 aromatic carbocycles. The molecule has 1 aliphatic carbocycles. The summed E-state index contributed by atoms with van der Waals surface area (Å²) in [5.74, 6) is 0.523. The standard InChI is InChI=1S/C20H22N2O2S2/c1-13-7-5-6-9-15(13)22-19(24)17-14-8-3-2-4-10-16(14)26-18(17)21-20(22)25-12-11-23/h5-7,9,23H,2-4,8,10-12H2,1H3. The number of aromatic nitrogens is 2. The molecule has 0 atom stereocenters. The van der Waals surface area contributed by atoms with E-state index in [9.17, 15) is 9.90 Å². The molecule has 1 N–H and O–H groups in total. The summed E-state index contributed by atoms with van der Waals surface area (Å²) >= 11 is 3.12. The summed E-state index contributed by atoms with van der Waals surface area (Å²) in [5.41, 5.74) is 3.18. The maximum atomic E-state index is 13.6. The average Bonchev–Trinajstić information content (AvgIpc) is 2.82. The quantitative estimate of drug-likeness (QED) is 0.416. The highest BCUT2D eigenvalue weighted by atomic mass is 32.2. The number of rotatable bonds is 4. The van der Waals surface area contributed by atoms with E-state index in [2.05, 4.69) is 0 Å². The predicted octanol–water partition coefficient (Wildman–Crippen LogP) is 4.11. The molecule has 0 spiro atoms. The lowest BCUT2D eigenvalue weighted by Gasteiger charge is -2.14. The first-order chi connectivity index (χ1) is 12.7. The highest BCUT2D eigenvalue weighted by molar-refractivity contribution is 7.99. The zero-order valence-corrected chi connectivity index (χ0v) is 16.5. The van der Waals surface area contributed by atoms with Crippen LogP contribution in [0.4, 0.5) is 0 Å². The number of thioether (sulfide) groups is 1. The Morgan fingerprint density at radius 2 is 2.04 bits per heavy atom. The van der Waals surface area contributed by atoms with Crippen molar-refractivity contribution in [2.45, 2.75) is 44.2 Å². The molecule has 0 saturated heterocycles. The minimum absolute atomic E-state index is 0.0316. The van der Waals surface area contributed by atoms with E-state index in [-0.39, 0.29) is 12.2 Å². The van der Waals surface area contributed by atoms with Gasteiger partial charge in [0.2, 0.25) is 0 Å². The van der Waals surface area contributed by atoms with Gasteiger partial charge in [-0.3, -0.25) is 9.36 Å². The van der Waals surface area contributed by atoms with Crippen LogP contribution in [0.25, 0.3) is 15.9 Å². The summed E-state index contributed by atoms with van der Waals surface area (Å²) < 4.78 is 1.75. The van der Waals surface area contributed by atoms with Gasteiger partial charge in [-0.15, -0.1) is 11.3 Å². The van der Waals surface area contributed by atoms with Crippen LogP contribution in [0.15, 0.2) is 34.2 Å². The Balaban J connectivity index is 2.01. The first-order valence-corrected chi connectivity index (χ1v) is 10.9. The highest BCUT2D eigenvalue weighted by Gasteiger charge is 2.22. The Morgan fingerprint density at radius 3 is 2.85 bits per heavy atom. The largest absolute Gasteiger partial charge is 0.396 e. The number of nitrogens with zero attached hydrogens (tertiary/aromatic N) is 2. The Hall–Kier alpha value is -1.63. The fourth-order valence-electron chi connectivity index (χ4n) is 3.62. The number of hydrogen-bond acceptors (Lipinski definition) is 5. The molecule has 4 rings (SSSR count). The van der Waals surface area contributed by atoms with Crippen molar-refractivity contribution in [3.05, 3.63) is 50.6 Å². The van der Waals surface area contributed by atoms with E-state index in [1.165, 1.54) is 35.0 Å². The number of thiophene rings is 1. The maximum absolute atomic E-state index is 13.6. The van der Waals surface area contributed by atoms with Gasteiger partial charge >= 0.3 is 0 Å². The monoisotopic (exact) mass is 386 g/mol. The Labute approximate surface area is 160 Å². The van der Waals surface area contributed by atoms with Gasteiger partial charge in [0.25, 0.3) is 5.56 Å². The van der Waals surface area contributed by atoms with E-state index in [1.807, 2.05) is 31.2 Å². The third kappa shape index (κ3) is 3.10. The van der Waals surface area contributed by atoms with Gasteiger partial charge < -0.3 is 5.11 Å². The van der Waals surface area contributed by atoms with Gasteiger partial charge in [0, 0.05) is 10.6 Å². The van der Waals surface area contributed by atoms with Crippen molar-refractivity contribution in [1.29, 1.82) is 0 Å². The molecule has 4 nitrogen and oxygen atoms in total. The number of benzene rings is 1. The lowest BCUT2D eigenvalue weighted by molar-refractivity contribution is 0.322. The molecule has 0 radical (unpaired) electrons. The topological polar surface area (TPSA) is 55.1 Å². The molecule has 26 heavy (non-hydrogen) atoms. The molecule has 0 fully saturated rings. The molecule has 2 aromatic heterocycles. The summed E-state index contributed by atoms with van der Waals surface area (Å²) in [4.78, 5) is 20.6. The summed E-state index contributed by atoms with van der Waals surface area (Å²) in [6, 6.07) is 7.92. The second kappa shape index (κ2) is 7.55. The number of aliphatic hydroxyl groups excluding tert-OH is 1. The molecule has 1 aliphatic rings. The van der Waals surface area contributed by atoms with E-state index in [4.69, 9.17) is 4.98 Å². The maximum Gasteiger partial charge on any atom is 0.267 e. The van der Waals surface area contributed by atoms with Gasteiger partial charge in [0.1, 0.15) is 4.83 Å². The van der Waals surface area contributed by atoms with Crippen molar-refractivity contribution in [3.63, 3.8) is 0 Å². The molecule has 0 bridgehead atoms. The number of aryl methyl sites for hydroxylation is 3. The molecule has 136 valence electrons. The second-order valence-electron chi connectivity index (χ2n) is 6.64. The molecule has 0 amide bonds. The van der Waals surface area contributed by atoms with Crippen LogP contribution in [0.3, 0.4) is 0 Å². The van der Waals surface area contributed by atoms with Crippen LogP contribution in [0, 0.1) is 6.92 Å². The minimum Gasteiger partial charge on any atom is -0.396 e. The van der Waals surface area contributed by atoms with Gasteiger partial charge in [-0.05, 0) is 49.8 Å². The Morgan fingerprint density at radius 1 is 1.23 bits per heavy atom. The van der Waals surface area contributed by atoms with Gasteiger partial charge in [0.15, 0.2) is 5.16 Å². The van der Waals surface area contributed by atoms with Gasteiger partial charge in [-0.1, -0.05) is 36.4 Å². The molecule has 0 unspecified atom stereocenters. The second-order valence-corrected chi connectivity index (χ2v) is 8.78. The molecule has 3 aromatic rings. The van der Waals surface area contributed by atoms with E-state index in [1.54, 1.807) is 15.9 Å². The number of para-hydroxylation sites is 1. The van der Waals surface area contributed by atoms with Gasteiger partial charge in [-0.2, -0.15) is 0 Å². The molecule has 2 heterocycles. The van der Waals surface area contributed by atoms with Crippen LogP contribution < -0.4 is 5.56 Å². The molecule has 0 saturated carbocycles. The Kier molecular flexibility index (Phi) is 5.16. The van der Waals surface area contributed by atoms with Crippen LogP contribution in [0.5, 0.6) is 0 Å². The van der Waals surface area contributed by atoms with E-state index in [0.717, 1.165) is 40.7 Å². The normalized spacial score (nSPS) is 14.4. The number of fused-ring (bicyclic) bond motifs is 3. The fraction of sp³-hybridized carbons (Fsp3) is 0.400. The van der Waals surface area contributed by atoms with Crippen molar-refractivity contribution in [2.24, 2.45) is 0 Å². The number of aliphatic hydroxyl groups is 1. The van der Waals surface area contributed by atoms with Crippen LogP contribution in [-0.4, -0.2) is 27.0 Å². The van der Waals surface area contributed by atoms with Crippen LogP contribution in [0.1, 0.15) is 35.3 Å². The molecule has 0 aliphatic heterocycles. The summed E-state index contributed by atoms with van der Waals surface area (Å²) in [6.07, 6.45) is 5.59. The highest BCUT2D eigenvalue weighted by Crippen LogP contribution is 2.34. The van der Waals surface area contributed by atoms with Crippen molar-refractivity contribution in [1.82, 2.24) is 9.55 Å². The minimum atomic E-state index is 0.0316. The lowest BCUT2D eigenvalue weighted by atomic mass is 10.1. The van der Waals surface area contributed by atoms with E-state index in [0.29, 0.717) is 10.9 Å². The third-order valence-corrected chi connectivity index (χ3v) is 6.99. The first kappa shape index (κ1) is 17.8. The van der Waals surface area contributed by atoms with E-state index < -0.39 is 0 Å². The van der Waals surface area contributed by atoms with Crippen molar-refractivity contribution < 1.29 is 5.11 Å². The van der Waals surface area contributed by atoms with Crippen LogP contribution in [0.2, 0.25) is 0 Å². The molecular weight excluding hydrogens is 364 g/mol. The van der Waals surface area contributed by atoms with Crippen LogP contribution >= 0.6 is 23.1 Å². The first-order valence-electron chi connectivity index (χ1n) is 9.07. The number of hydrogen-bond donors (Lipinski definition) is 1. The Bertz CT molecular complexity index is 1010. The van der Waals surface area contributed by atoms with Crippen molar-refractivity contribution >= 4 is 33.3 Å². The smallest absolute Gasteiger partial charge is 0.267 e. The summed E-state index contributed by atoms with van der Waals surface area (Å²) in [6.45, 7) is 2.08.